The minimum absolute atomic E-state index is 0.175. The quantitative estimate of drug-likeness (QED) is 0.729. The van der Waals surface area contributed by atoms with Crippen molar-refractivity contribution in [1.29, 1.82) is 0 Å². The maximum Gasteiger partial charge on any atom is 0.307 e. The SMILES string of the molecule is CCOC(=O)CC(CC(C)C)NC(=O)c1cn(C2CCCCC2)nn1. The number of hydrogen-bond donors (Lipinski definition) is 1. The van der Waals surface area contributed by atoms with E-state index in [0.29, 0.717) is 30.7 Å². The molecule has 1 saturated carbocycles. The maximum atomic E-state index is 12.5. The second-order valence-electron chi connectivity index (χ2n) is 7.18. The van der Waals surface area contributed by atoms with Crippen molar-refractivity contribution in [2.24, 2.45) is 5.92 Å². The first-order valence-electron chi connectivity index (χ1n) is 9.38. The van der Waals surface area contributed by atoms with Gasteiger partial charge in [0.2, 0.25) is 0 Å². The number of ether oxygens (including phenoxy) is 1. The van der Waals surface area contributed by atoms with E-state index in [2.05, 4.69) is 29.5 Å². The Morgan fingerprint density at radius 1 is 1.32 bits per heavy atom. The first-order valence-corrected chi connectivity index (χ1v) is 9.38. The minimum Gasteiger partial charge on any atom is -0.466 e. The van der Waals surface area contributed by atoms with Crippen LogP contribution in [-0.2, 0) is 9.53 Å². The molecule has 0 bridgehead atoms. The number of rotatable bonds is 8. The van der Waals surface area contributed by atoms with Crippen LogP contribution in [-0.4, -0.2) is 39.5 Å². The number of hydrogen-bond acceptors (Lipinski definition) is 5. The van der Waals surface area contributed by atoms with Gasteiger partial charge in [-0.05, 0) is 32.1 Å². The van der Waals surface area contributed by atoms with Crippen LogP contribution in [0, 0.1) is 5.92 Å². The summed E-state index contributed by atoms with van der Waals surface area (Å²) in [6.07, 6.45) is 8.44. The smallest absolute Gasteiger partial charge is 0.307 e. The highest BCUT2D eigenvalue weighted by molar-refractivity contribution is 5.92. The standard InChI is InChI=1S/C18H30N4O3/c1-4-25-17(23)11-14(10-13(2)3)19-18(24)16-12-22(21-20-16)15-8-6-5-7-9-15/h12-15H,4-11H2,1-3H3,(H,19,24). The van der Waals surface area contributed by atoms with Gasteiger partial charge in [-0.1, -0.05) is 38.3 Å². The number of carbonyl (C=O) groups excluding carboxylic acids is 2. The van der Waals surface area contributed by atoms with Gasteiger partial charge in [0, 0.05) is 6.04 Å². The van der Waals surface area contributed by atoms with Crippen molar-refractivity contribution in [1.82, 2.24) is 20.3 Å². The Hall–Kier alpha value is -1.92. The molecule has 1 aliphatic rings. The second kappa shape index (κ2) is 9.53. The van der Waals surface area contributed by atoms with Crippen LogP contribution in [0.2, 0.25) is 0 Å². The Morgan fingerprint density at radius 3 is 2.68 bits per heavy atom. The van der Waals surface area contributed by atoms with Gasteiger partial charge >= 0.3 is 5.97 Å². The molecule has 0 aromatic carbocycles. The topological polar surface area (TPSA) is 86.1 Å². The summed E-state index contributed by atoms with van der Waals surface area (Å²) in [6.45, 7) is 6.24. The van der Waals surface area contributed by atoms with Gasteiger partial charge in [-0.3, -0.25) is 9.59 Å². The summed E-state index contributed by atoms with van der Waals surface area (Å²) in [7, 11) is 0. The van der Waals surface area contributed by atoms with E-state index in [0.717, 1.165) is 12.8 Å². The van der Waals surface area contributed by atoms with Gasteiger partial charge in [-0.25, -0.2) is 4.68 Å². The van der Waals surface area contributed by atoms with Gasteiger partial charge in [-0.2, -0.15) is 0 Å². The molecule has 2 rings (SSSR count). The van der Waals surface area contributed by atoms with E-state index >= 15 is 0 Å². The number of carbonyl (C=O) groups is 2. The molecule has 1 fully saturated rings. The Kier molecular flexibility index (Phi) is 7.40. The Bertz CT molecular complexity index is 564. The van der Waals surface area contributed by atoms with Crippen LogP contribution in [0.15, 0.2) is 6.20 Å². The summed E-state index contributed by atoms with van der Waals surface area (Å²) in [6, 6.07) is 0.0835. The zero-order valence-electron chi connectivity index (χ0n) is 15.5. The number of nitrogens with zero attached hydrogens (tertiary/aromatic N) is 3. The fraction of sp³-hybridized carbons (Fsp3) is 0.778. The first kappa shape index (κ1) is 19.4. The molecule has 1 aromatic rings. The molecule has 1 atom stereocenters. The molecular formula is C18H30N4O3. The fourth-order valence-corrected chi connectivity index (χ4v) is 3.35. The van der Waals surface area contributed by atoms with Crippen LogP contribution in [0.3, 0.4) is 0 Å². The average Bonchev–Trinajstić information content (AvgIpc) is 3.05. The van der Waals surface area contributed by atoms with E-state index in [1.54, 1.807) is 13.1 Å². The summed E-state index contributed by atoms with van der Waals surface area (Å²) >= 11 is 0. The van der Waals surface area contributed by atoms with Gasteiger partial charge < -0.3 is 10.1 Å². The highest BCUT2D eigenvalue weighted by atomic mass is 16.5. The largest absolute Gasteiger partial charge is 0.466 e. The molecule has 1 aromatic heterocycles. The van der Waals surface area contributed by atoms with Gasteiger partial charge in [0.05, 0.1) is 25.3 Å². The van der Waals surface area contributed by atoms with Crippen molar-refractivity contribution in [3.8, 4) is 0 Å². The molecule has 7 heteroatoms. The highest BCUT2D eigenvalue weighted by Gasteiger charge is 2.22. The summed E-state index contributed by atoms with van der Waals surface area (Å²) in [5.74, 6) is -0.214. The molecule has 0 aliphatic heterocycles. The third kappa shape index (κ3) is 6.14. The normalized spacial score (nSPS) is 16.6. The predicted octanol–water partition coefficient (Wildman–Crippen LogP) is 2.88. The molecule has 0 spiro atoms. The number of nitrogens with one attached hydrogen (secondary N) is 1. The fourth-order valence-electron chi connectivity index (χ4n) is 3.35. The van der Waals surface area contributed by atoms with Crippen molar-refractivity contribution < 1.29 is 14.3 Å². The van der Waals surface area contributed by atoms with Crippen LogP contribution in [0.5, 0.6) is 0 Å². The third-order valence-electron chi connectivity index (χ3n) is 4.50. The van der Waals surface area contributed by atoms with Gasteiger partial charge in [0.1, 0.15) is 0 Å². The Labute approximate surface area is 149 Å². The van der Waals surface area contributed by atoms with Gasteiger partial charge in [0.25, 0.3) is 5.91 Å². The van der Waals surface area contributed by atoms with Crippen molar-refractivity contribution in [3.63, 3.8) is 0 Å². The van der Waals surface area contributed by atoms with Crippen LogP contribution in [0.1, 0.15) is 82.2 Å². The Morgan fingerprint density at radius 2 is 2.04 bits per heavy atom. The van der Waals surface area contributed by atoms with Crippen LogP contribution >= 0.6 is 0 Å². The third-order valence-corrected chi connectivity index (χ3v) is 4.50. The molecule has 140 valence electrons. The molecule has 1 N–H and O–H groups in total. The lowest BCUT2D eigenvalue weighted by molar-refractivity contribution is -0.143. The van der Waals surface area contributed by atoms with Gasteiger partial charge in [0.15, 0.2) is 5.69 Å². The second-order valence-corrected chi connectivity index (χ2v) is 7.18. The van der Waals surface area contributed by atoms with E-state index in [4.69, 9.17) is 4.74 Å². The summed E-state index contributed by atoms with van der Waals surface area (Å²) in [4.78, 5) is 24.3. The molecular weight excluding hydrogens is 320 g/mol. The van der Waals surface area contributed by atoms with Crippen molar-refractivity contribution >= 4 is 11.9 Å². The lowest BCUT2D eigenvalue weighted by atomic mass is 9.96. The maximum absolute atomic E-state index is 12.5. The molecule has 7 nitrogen and oxygen atoms in total. The lowest BCUT2D eigenvalue weighted by Gasteiger charge is -2.21. The Balaban J connectivity index is 1.97. The summed E-state index contributed by atoms with van der Waals surface area (Å²) < 4.78 is 6.82. The van der Waals surface area contributed by atoms with Crippen LogP contribution in [0.25, 0.3) is 0 Å². The zero-order chi connectivity index (χ0) is 18.2. The highest BCUT2D eigenvalue weighted by Crippen LogP contribution is 2.27. The number of esters is 1. The van der Waals surface area contributed by atoms with E-state index in [1.165, 1.54) is 19.3 Å². The molecule has 1 heterocycles. The lowest BCUT2D eigenvalue weighted by Crippen LogP contribution is -2.38. The number of amides is 1. The van der Waals surface area contributed by atoms with Crippen molar-refractivity contribution in [2.45, 2.75) is 77.8 Å². The predicted molar refractivity (Wildman–Crippen MR) is 94.1 cm³/mol. The summed E-state index contributed by atoms with van der Waals surface area (Å²) in [5, 5.41) is 11.1. The van der Waals surface area contributed by atoms with Crippen molar-refractivity contribution in [3.05, 3.63) is 11.9 Å². The first-order chi connectivity index (χ1) is 12.0. The molecule has 1 aliphatic carbocycles. The average molecular weight is 350 g/mol. The van der Waals surface area contributed by atoms with E-state index in [9.17, 15) is 9.59 Å². The van der Waals surface area contributed by atoms with Crippen LogP contribution in [0.4, 0.5) is 0 Å². The molecule has 25 heavy (non-hydrogen) atoms. The number of aromatic nitrogens is 3. The monoisotopic (exact) mass is 350 g/mol. The molecule has 1 amide bonds. The van der Waals surface area contributed by atoms with Crippen molar-refractivity contribution in [2.75, 3.05) is 6.61 Å². The molecule has 0 saturated heterocycles. The van der Waals surface area contributed by atoms with Crippen LogP contribution < -0.4 is 5.32 Å². The summed E-state index contributed by atoms with van der Waals surface area (Å²) in [5.41, 5.74) is 0.309. The zero-order valence-corrected chi connectivity index (χ0v) is 15.5. The van der Waals surface area contributed by atoms with E-state index < -0.39 is 0 Å². The van der Waals surface area contributed by atoms with E-state index in [1.807, 2.05) is 4.68 Å². The minimum atomic E-state index is -0.292. The molecule has 1 unspecified atom stereocenters. The van der Waals surface area contributed by atoms with Gasteiger partial charge in [-0.15, -0.1) is 5.10 Å². The molecule has 0 radical (unpaired) electrons. The van der Waals surface area contributed by atoms with E-state index in [-0.39, 0.29) is 24.3 Å².